The van der Waals surface area contributed by atoms with Crippen LogP contribution in [0.2, 0.25) is 0 Å². The molecule has 1 aliphatic heterocycles. The average Bonchev–Trinajstić information content (AvgIpc) is 2.43. The van der Waals surface area contributed by atoms with Crippen molar-refractivity contribution in [1.82, 2.24) is 4.90 Å². The summed E-state index contributed by atoms with van der Waals surface area (Å²) < 4.78 is 10.4. The van der Waals surface area contributed by atoms with Gasteiger partial charge in [-0.15, -0.1) is 0 Å². The Labute approximate surface area is 119 Å². The molecule has 0 aromatic heterocycles. The lowest BCUT2D eigenvalue weighted by Gasteiger charge is -2.47. The van der Waals surface area contributed by atoms with Crippen molar-refractivity contribution in [3.8, 4) is 11.5 Å². The number of likely N-dealkylation sites (tertiary alicyclic amines) is 1. The lowest BCUT2D eigenvalue weighted by molar-refractivity contribution is 0.0386. The Hall–Kier alpha value is -1.75. The molecular formula is C15H22N2O3. The van der Waals surface area contributed by atoms with Gasteiger partial charge in [-0.3, -0.25) is 4.79 Å². The van der Waals surface area contributed by atoms with Crippen LogP contribution in [0.1, 0.15) is 30.1 Å². The minimum absolute atomic E-state index is 0.0110. The topological polar surface area (TPSA) is 64.8 Å². The zero-order valence-electron chi connectivity index (χ0n) is 12.3. The Balaban J connectivity index is 2.08. The summed E-state index contributed by atoms with van der Waals surface area (Å²) in [6.45, 7) is 3.34. The van der Waals surface area contributed by atoms with Crippen molar-refractivity contribution >= 4 is 5.91 Å². The summed E-state index contributed by atoms with van der Waals surface area (Å²) in [7, 11) is 3.13. The van der Waals surface area contributed by atoms with Gasteiger partial charge in [0.15, 0.2) is 11.5 Å². The molecule has 20 heavy (non-hydrogen) atoms. The van der Waals surface area contributed by atoms with E-state index in [1.54, 1.807) is 37.3 Å². The highest BCUT2D eigenvalue weighted by Crippen LogP contribution is 2.30. The van der Waals surface area contributed by atoms with E-state index in [0.29, 0.717) is 30.2 Å². The van der Waals surface area contributed by atoms with Crippen LogP contribution in [0.15, 0.2) is 18.2 Å². The van der Waals surface area contributed by atoms with E-state index in [2.05, 4.69) is 6.92 Å². The predicted octanol–water partition coefficient (Wildman–Crippen LogP) is 1.66. The van der Waals surface area contributed by atoms with Gasteiger partial charge in [0.25, 0.3) is 5.91 Å². The molecule has 2 rings (SSSR count). The van der Waals surface area contributed by atoms with Crippen LogP contribution < -0.4 is 15.2 Å². The maximum Gasteiger partial charge on any atom is 0.254 e. The third kappa shape index (κ3) is 2.72. The van der Waals surface area contributed by atoms with Gasteiger partial charge in [-0.05, 0) is 24.6 Å². The van der Waals surface area contributed by atoms with Crippen LogP contribution in [0.4, 0.5) is 0 Å². The second-order valence-corrected chi connectivity index (χ2v) is 5.34. The summed E-state index contributed by atoms with van der Waals surface area (Å²) >= 11 is 0. The van der Waals surface area contributed by atoms with Crippen molar-refractivity contribution < 1.29 is 14.3 Å². The van der Waals surface area contributed by atoms with Gasteiger partial charge in [0.2, 0.25) is 0 Å². The molecular weight excluding hydrogens is 256 g/mol. The monoisotopic (exact) mass is 278 g/mol. The molecule has 0 radical (unpaired) electrons. The standard InChI is InChI=1S/C15H22N2O3/c1-4-7-15(16)9-17(10-15)14(18)11-5-6-12(19-2)13(8-11)20-3/h5-6,8H,4,7,9-10,16H2,1-3H3. The average molecular weight is 278 g/mol. The Morgan fingerprint density at radius 2 is 1.95 bits per heavy atom. The number of carbonyl (C=O) groups is 1. The molecule has 5 nitrogen and oxygen atoms in total. The van der Waals surface area contributed by atoms with E-state index in [1.807, 2.05) is 0 Å². The fourth-order valence-corrected chi connectivity index (χ4v) is 2.67. The largest absolute Gasteiger partial charge is 0.493 e. The van der Waals surface area contributed by atoms with Gasteiger partial charge in [0.1, 0.15) is 0 Å². The highest BCUT2D eigenvalue weighted by atomic mass is 16.5. The lowest BCUT2D eigenvalue weighted by atomic mass is 9.86. The Kier molecular flexibility index (Phi) is 4.18. The van der Waals surface area contributed by atoms with Gasteiger partial charge in [-0.2, -0.15) is 0 Å². The van der Waals surface area contributed by atoms with Crippen LogP contribution in [0, 0.1) is 0 Å². The molecule has 0 unspecified atom stereocenters. The van der Waals surface area contributed by atoms with Crippen LogP contribution in [-0.2, 0) is 0 Å². The fourth-order valence-electron chi connectivity index (χ4n) is 2.67. The van der Waals surface area contributed by atoms with Crippen molar-refractivity contribution in [3.63, 3.8) is 0 Å². The van der Waals surface area contributed by atoms with E-state index in [4.69, 9.17) is 15.2 Å². The third-order valence-electron chi connectivity index (χ3n) is 3.68. The van der Waals surface area contributed by atoms with Crippen LogP contribution in [0.3, 0.4) is 0 Å². The number of hydrogen-bond donors (Lipinski definition) is 1. The number of rotatable bonds is 5. The summed E-state index contributed by atoms with van der Waals surface area (Å²) in [5.41, 5.74) is 6.57. The van der Waals surface area contributed by atoms with Crippen LogP contribution in [-0.4, -0.2) is 43.7 Å². The predicted molar refractivity (Wildman–Crippen MR) is 77.3 cm³/mol. The summed E-state index contributed by atoms with van der Waals surface area (Å²) in [5, 5.41) is 0. The molecule has 2 N–H and O–H groups in total. The van der Waals surface area contributed by atoms with Crippen molar-refractivity contribution in [3.05, 3.63) is 23.8 Å². The number of ether oxygens (including phenoxy) is 2. The third-order valence-corrected chi connectivity index (χ3v) is 3.68. The summed E-state index contributed by atoms with van der Waals surface area (Å²) in [6.07, 6.45) is 1.98. The van der Waals surface area contributed by atoms with Gasteiger partial charge in [0.05, 0.1) is 19.8 Å². The second-order valence-electron chi connectivity index (χ2n) is 5.34. The van der Waals surface area contributed by atoms with Gasteiger partial charge >= 0.3 is 0 Å². The van der Waals surface area contributed by atoms with E-state index in [9.17, 15) is 4.79 Å². The van der Waals surface area contributed by atoms with Crippen LogP contribution in [0.25, 0.3) is 0 Å². The molecule has 0 aliphatic carbocycles. The summed E-state index contributed by atoms with van der Waals surface area (Å²) in [4.78, 5) is 14.1. The number of carbonyl (C=O) groups excluding carboxylic acids is 1. The van der Waals surface area contributed by atoms with E-state index in [-0.39, 0.29) is 11.4 Å². The molecule has 1 aliphatic rings. The molecule has 0 atom stereocenters. The molecule has 110 valence electrons. The van der Waals surface area contributed by atoms with Gasteiger partial charge in [0, 0.05) is 18.7 Å². The fraction of sp³-hybridized carbons (Fsp3) is 0.533. The maximum atomic E-state index is 12.4. The Bertz CT molecular complexity index is 496. The first-order valence-corrected chi connectivity index (χ1v) is 6.83. The maximum absolute atomic E-state index is 12.4. The number of amides is 1. The molecule has 5 heteroatoms. The zero-order chi connectivity index (χ0) is 14.8. The van der Waals surface area contributed by atoms with Crippen LogP contribution in [0.5, 0.6) is 11.5 Å². The zero-order valence-corrected chi connectivity index (χ0v) is 12.3. The molecule has 1 saturated heterocycles. The van der Waals surface area contributed by atoms with Crippen molar-refractivity contribution in [2.24, 2.45) is 5.73 Å². The van der Waals surface area contributed by atoms with Crippen molar-refractivity contribution in [2.45, 2.75) is 25.3 Å². The molecule has 0 saturated carbocycles. The molecule has 1 heterocycles. The first kappa shape index (κ1) is 14.7. The van der Waals surface area contributed by atoms with E-state index in [1.165, 1.54) is 0 Å². The van der Waals surface area contributed by atoms with Crippen LogP contribution >= 0.6 is 0 Å². The smallest absolute Gasteiger partial charge is 0.254 e. The number of nitrogens with two attached hydrogens (primary N) is 1. The molecule has 1 aromatic carbocycles. The van der Waals surface area contributed by atoms with Gasteiger partial charge < -0.3 is 20.1 Å². The highest BCUT2D eigenvalue weighted by molar-refractivity contribution is 5.95. The normalized spacial score (nSPS) is 16.5. The first-order valence-electron chi connectivity index (χ1n) is 6.83. The molecule has 0 bridgehead atoms. The van der Waals surface area contributed by atoms with E-state index >= 15 is 0 Å². The quantitative estimate of drug-likeness (QED) is 0.889. The minimum atomic E-state index is -0.207. The van der Waals surface area contributed by atoms with Crippen molar-refractivity contribution in [2.75, 3.05) is 27.3 Å². The Morgan fingerprint density at radius 3 is 2.50 bits per heavy atom. The molecule has 1 fully saturated rings. The molecule has 1 aromatic rings. The number of hydrogen-bond acceptors (Lipinski definition) is 4. The van der Waals surface area contributed by atoms with E-state index < -0.39 is 0 Å². The van der Waals surface area contributed by atoms with Gasteiger partial charge in [-0.1, -0.05) is 13.3 Å². The number of benzene rings is 1. The minimum Gasteiger partial charge on any atom is -0.493 e. The van der Waals surface area contributed by atoms with E-state index in [0.717, 1.165) is 12.8 Å². The van der Waals surface area contributed by atoms with Gasteiger partial charge in [-0.25, -0.2) is 0 Å². The molecule has 0 spiro atoms. The first-order chi connectivity index (χ1) is 9.53. The highest BCUT2D eigenvalue weighted by Gasteiger charge is 2.41. The Morgan fingerprint density at radius 1 is 1.30 bits per heavy atom. The second kappa shape index (κ2) is 5.71. The number of methoxy groups -OCH3 is 2. The summed E-state index contributed by atoms with van der Waals surface area (Å²) in [5.74, 6) is 1.17. The summed E-state index contributed by atoms with van der Waals surface area (Å²) in [6, 6.07) is 5.20. The van der Waals surface area contributed by atoms with Crippen molar-refractivity contribution in [1.29, 1.82) is 0 Å². The lowest BCUT2D eigenvalue weighted by Crippen LogP contribution is -2.68. The SMILES string of the molecule is CCCC1(N)CN(C(=O)c2ccc(OC)c(OC)c2)C1. The number of nitrogens with zero attached hydrogens (tertiary/aromatic N) is 1. The molecule has 1 amide bonds.